The van der Waals surface area contributed by atoms with Gasteiger partial charge in [-0.1, -0.05) is 11.6 Å². The molecule has 0 aliphatic carbocycles. The molecule has 2 heterocycles. The summed E-state index contributed by atoms with van der Waals surface area (Å²) in [6, 6.07) is 1.92. The van der Waals surface area contributed by atoms with Crippen LogP contribution in [0.2, 0.25) is 5.02 Å². The molecule has 3 nitrogen and oxygen atoms in total. The minimum atomic E-state index is 0.472. The standard InChI is InChI=1S/C11H16BrClN3/c12-11-10(13)7-9(8-15-11)16(14)5-3-1-2-4-6-16/h7-8H,1-6,14H2/q+1. The Morgan fingerprint density at radius 3 is 2.44 bits per heavy atom. The molecule has 1 fully saturated rings. The van der Waals surface area contributed by atoms with Crippen molar-refractivity contribution in [2.75, 3.05) is 13.1 Å². The number of hydrogen-bond donors (Lipinski definition) is 1. The SMILES string of the molecule is N[N+]1(c2cnc(Br)c(Cl)c2)CCCCCC1. The molecule has 0 bridgehead atoms. The van der Waals surface area contributed by atoms with E-state index < -0.39 is 0 Å². The number of pyridine rings is 1. The summed E-state index contributed by atoms with van der Waals surface area (Å²) in [5.74, 6) is 6.42. The number of quaternary nitrogens is 1. The maximum Gasteiger partial charge on any atom is 0.172 e. The van der Waals surface area contributed by atoms with Gasteiger partial charge in [-0.2, -0.15) is 5.84 Å². The minimum Gasteiger partial charge on any atom is -0.241 e. The molecule has 1 aromatic heterocycles. The molecule has 0 spiro atoms. The summed E-state index contributed by atoms with van der Waals surface area (Å²) in [5.41, 5.74) is 1.01. The summed E-state index contributed by atoms with van der Waals surface area (Å²) >= 11 is 9.36. The average Bonchev–Trinajstić information content (AvgIpc) is 2.48. The van der Waals surface area contributed by atoms with E-state index in [0.29, 0.717) is 14.2 Å². The zero-order valence-corrected chi connectivity index (χ0v) is 11.5. The maximum absolute atomic E-state index is 6.42. The molecule has 0 amide bonds. The first-order valence-corrected chi connectivity index (χ1v) is 6.76. The van der Waals surface area contributed by atoms with Crippen molar-refractivity contribution in [1.82, 2.24) is 9.58 Å². The molecule has 0 radical (unpaired) electrons. The number of nitrogens with zero attached hydrogens (tertiary/aromatic N) is 2. The molecule has 2 rings (SSSR count). The lowest BCUT2D eigenvalue weighted by molar-refractivity contribution is 0.291. The van der Waals surface area contributed by atoms with Crippen LogP contribution < -0.4 is 10.4 Å². The number of aromatic nitrogens is 1. The van der Waals surface area contributed by atoms with E-state index in [0.717, 1.165) is 18.8 Å². The summed E-state index contributed by atoms with van der Waals surface area (Å²) in [6.45, 7) is 1.94. The van der Waals surface area contributed by atoms with Crippen LogP contribution >= 0.6 is 27.5 Å². The summed E-state index contributed by atoms with van der Waals surface area (Å²) < 4.78 is 1.15. The third-order valence-electron chi connectivity index (χ3n) is 3.16. The Kier molecular flexibility index (Phi) is 3.85. The fourth-order valence-electron chi connectivity index (χ4n) is 2.17. The maximum atomic E-state index is 6.42. The van der Waals surface area contributed by atoms with Gasteiger partial charge in [0.15, 0.2) is 5.69 Å². The zero-order valence-electron chi connectivity index (χ0n) is 9.13. The smallest absolute Gasteiger partial charge is 0.172 e. The molecular weight excluding hydrogens is 289 g/mol. The van der Waals surface area contributed by atoms with Crippen LogP contribution in [0.1, 0.15) is 25.7 Å². The van der Waals surface area contributed by atoms with E-state index in [4.69, 9.17) is 17.4 Å². The van der Waals surface area contributed by atoms with E-state index in [1.807, 2.05) is 12.3 Å². The van der Waals surface area contributed by atoms with E-state index >= 15 is 0 Å². The van der Waals surface area contributed by atoms with Gasteiger partial charge in [-0.15, -0.1) is 0 Å². The molecule has 16 heavy (non-hydrogen) atoms. The van der Waals surface area contributed by atoms with Crippen LogP contribution in [0, 0.1) is 0 Å². The van der Waals surface area contributed by atoms with Gasteiger partial charge in [0.1, 0.15) is 17.7 Å². The fraction of sp³-hybridized carbons (Fsp3) is 0.545. The largest absolute Gasteiger partial charge is 0.241 e. The molecule has 1 aliphatic heterocycles. The van der Waals surface area contributed by atoms with Gasteiger partial charge >= 0.3 is 0 Å². The second-order valence-corrected chi connectivity index (χ2v) is 5.52. The van der Waals surface area contributed by atoms with Crippen molar-refractivity contribution in [3.8, 4) is 0 Å². The topological polar surface area (TPSA) is 38.9 Å². The molecule has 1 aliphatic rings. The highest BCUT2D eigenvalue weighted by Crippen LogP contribution is 2.29. The average molecular weight is 306 g/mol. The molecule has 0 unspecified atom stereocenters. The van der Waals surface area contributed by atoms with Gasteiger partial charge < -0.3 is 0 Å². The van der Waals surface area contributed by atoms with Crippen molar-refractivity contribution in [1.29, 1.82) is 0 Å². The highest BCUT2D eigenvalue weighted by atomic mass is 79.9. The number of rotatable bonds is 1. The van der Waals surface area contributed by atoms with Crippen LogP contribution in [0.4, 0.5) is 5.69 Å². The van der Waals surface area contributed by atoms with Crippen LogP contribution in [0.3, 0.4) is 0 Å². The van der Waals surface area contributed by atoms with E-state index in [1.54, 1.807) is 0 Å². The number of halogens is 2. The molecule has 0 atom stereocenters. The van der Waals surface area contributed by atoms with Gasteiger partial charge in [-0.25, -0.2) is 9.58 Å². The first kappa shape index (κ1) is 12.3. The van der Waals surface area contributed by atoms with Crippen molar-refractivity contribution in [3.05, 3.63) is 21.9 Å². The van der Waals surface area contributed by atoms with Crippen molar-refractivity contribution >= 4 is 33.2 Å². The Balaban J connectivity index is 2.29. The van der Waals surface area contributed by atoms with Crippen molar-refractivity contribution in [2.24, 2.45) is 5.84 Å². The lowest BCUT2D eigenvalue weighted by Gasteiger charge is -2.30. The highest BCUT2D eigenvalue weighted by Gasteiger charge is 2.28. The first-order valence-electron chi connectivity index (χ1n) is 5.59. The van der Waals surface area contributed by atoms with Gasteiger partial charge in [-0.05, 0) is 41.6 Å². The minimum absolute atomic E-state index is 0.472. The van der Waals surface area contributed by atoms with Crippen LogP contribution in [0.5, 0.6) is 0 Å². The summed E-state index contributed by atoms with van der Waals surface area (Å²) in [7, 11) is 0. The normalized spacial score (nSPS) is 20.4. The third kappa shape index (κ3) is 2.56. The van der Waals surface area contributed by atoms with E-state index in [1.165, 1.54) is 25.7 Å². The molecular formula is C11H16BrClN3+. The van der Waals surface area contributed by atoms with E-state index in [-0.39, 0.29) is 0 Å². The van der Waals surface area contributed by atoms with Crippen molar-refractivity contribution in [2.45, 2.75) is 25.7 Å². The molecule has 88 valence electrons. The Morgan fingerprint density at radius 2 is 1.88 bits per heavy atom. The molecule has 1 aromatic rings. The Labute approximate surface area is 109 Å². The monoisotopic (exact) mass is 304 g/mol. The second-order valence-electron chi connectivity index (χ2n) is 4.36. The molecule has 5 heteroatoms. The van der Waals surface area contributed by atoms with Gasteiger partial charge in [0, 0.05) is 6.07 Å². The van der Waals surface area contributed by atoms with Crippen LogP contribution in [0.15, 0.2) is 16.9 Å². The van der Waals surface area contributed by atoms with E-state index in [2.05, 4.69) is 20.9 Å². The molecule has 1 saturated heterocycles. The molecule has 0 aromatic carbocycles. The second kappa shape index (κ2) is 5.00. The lowest BCUT2D eigenvalue weighted by atomic mass is 10.2. The van der Waals surface area contributed by atoms with Gasteiger partial charge in [0.2, 0.25) is 0 Å². The molecule has 0 saturated carbocycles. The summed E-state index contributed by atoms with van der Waals surface area (Å²) in [6.07, 6.45) is 6.71. The Bertz CT molecular complexity index is 375. The number of hydrogen-bond acceptors (Lipinski definition) is 2. The van der Waals surface area contributed by atoms with Crippen LogP contribution in [-0.2, 0) is 0 Å². The first-order chi connectivity index (χ1) is 7.62. The van der Waals surface area contributed by atoms with Crippen LogP contribution in [-0.4, -0.2) is 18.1 Å². The predicted molar refractivity (Wildman–Crippen MR) is 71.1 cm³/mol. The summed E-state index contributed by atoms with van der Waals surface area (Å²) in [5, 5.41) is 0.629. The quantitative estimate of drug-likeness (QED) is 0.491. The number of nitrogens with two attached hydrogens (primary N) is 1. The van der Waals surface area contributed by atoms with Crippen LogP contribution in [0.25, 0.3) is 0 Å². The molecule has 2 N–H and O–H groups in total. The zero-order chi connectivity index (χ0) is 11.6. The predicted octanol–water partition coefficient (Wildman–Crippen LogP) is 3.25. The summed E-state index contributed by atoms with van der Waals surface area (Å²) in [4.78, 5) is 4.22. The fourth-order valence-corrected chi connectivity index (χ4v) is 2.54. The highest BCUT2D eigenvalue weighted by molar-refractivity contribution is 9.10. The van der Waals surface area contributed by atoms with Gasteiger partial charge in [0.05, 0.1) is 11.2 Å². The van der Waals surface area contributed by atoms with Gasteiger partial charge in [0.25, 0.3) is 0 Å². The van der Waals surface area contributed by atoms with Crippen molar-refractivity contribution < 1.29 is 0 Å². The Morgan fingerprint density at radius 1 is 1.25 bits per heavy atom. The lowest BCUT2D eigenvalue weighted by Crippen LogP contribution is -2.56. The Hall–Kier alpha value is -0.160. The van der Waals surface area contributed by atoms with E-state index in [9.17, 15) is 0 Å². The van der Waals surface area contributed by atoms with Gasteiger partial charge in [-0.3, -0.25) is 0 Å². The third-order valence-corrected chi connectivity index (χ3v) is 4.31. The van der Waals surface area contributed by atoms with Crippen molar-refractivity contribution in [3.63, 3.8) is 0 Å².